The third kappa shape index (κ3) is 4.74. The van der Waals surface area contributed by atoms with Crippen LogP contribution in [0.4, 0.5) is 0 Å². The summed E-state index contributed by atoms with van der Waals surface area (Å²) in [5.41, 5.74) is 1.13. The molecule has 1 N–H and O–H groups in total. The van der Waals surface area contributed by atoms with Gasteiger partial charge in [0, 0.05) is 17.7 Å². The summed E-state index contributed by atoms with van der Waals surface area (Å²) in [6.45, 7) is 5.62. The van der Waals surface area contributed by atoms with Crippen LogP contribution < -0.4 is 9.47 Å². The highest BCUT2D eigenvalue weighted by molar-refractivity contribution is 5.96. The zero-order valence-electron chi connectivity index (χ0n) is 13.8. The molecule has 0 aliphatic carbocycles. The zero-order chi connectivity index (χ0) is 17.4. The molecule has 6 heteroatoms. The third-order valence-electron chi connectivity index (χ3n) is 3.27. The molecule has 23 heavy (non-hydrogen) atoms. The third-order valence-corrected chi connectivity index (χ3v) is 3.27. The number of nitrogens with zero attached hydrogens (tertiary/aromatic N) is 1. The van der Waals surface area contributed by atoms with E-state index in [0.717, 1.165) is 5.56 Å². The second kappa shape index (κ2) is 8.82. The highest BCUT2D eigenvalue weighted by Crippen LogP contribution is 2.33. The van der Waals surface area contributed by atoms with Gasteiger partial charge in [-0.1, -0.05) is 13.0 Å². The van der Waals surface area contributed by atoms with Gasteiger partial charge in [0.2, 0.25) is 0 Å². The van der Waals surface area contributed by atoms with Gasteiger partial charge in [-0.05, 0) is 25.0 Å². The minimum Gasteiger partial charge on any atom is -0.493 e. The van der Waals surface area contributed by atoms with Gasteiger partial charge in [-0.2, -0.15) is 0 Å². The predicted octanol–water partition coefficient (Wildman–Crippen LogP) is 2.37. The summed E-state index contributed by atoms with van der Waals surface area (Å²) < 4.78 is 10.6. The van der Waals surface area contributed by atoms with E-state index in [1.165, 1.54) is 19.1 Å². The van der Waals surface area contributed by atoms with Crippen molar-refractivity contribution in [2.24, 2.45) is 0 Å². The Labute approximate surface area is 136 Å². The Morgan fingerprint density at radius 3 is 2.48 bits per heavy atom. The Morgan fingerprint density at radius 2 is 2.00 bits per heavy atom. The quantitative estimate of drug-likeness (QED) is 0.707. The maximum atomic E-state index is 12.6. The van der Waals surface area contributed by atoms with Crippen molar-refractivity contribution >= 4 is 11.9 Å². The van der Waals surface area contributed by atoms with Crippen LogP contribution >= 0.6 is 0 Å². The minimum absolute atomic E-state index is 0.336. The Morgan fingerprint density at radius 1 is 1.30 bits per heavy atom. The standard InChI is InChI=1S/C17H23NO5/c1-5-7-12-9-13(10-14(22-3)16(12)23-4)17(21)18(8-6-2)11-15(19)20/h5,9-10H,1,6-8,11H2,2-4H3,(H,19,20). The summed E-state index contributed by atoms with van der Waals surface area (Å²) in [6, 6.07) is 3.26. The van der Waals surface area contributed by atoms with Gasteiger partial charge in [0.1, 0.15) is 6.54 Å². The highest BCUT2D eigenvalue weighted by Gasteiger charge is 2.21. The van der Waals surface area contributed by atoms with Gasteiger partial charge in [-0.25, -0.2) is 0 Å². The van der Waals surface area contributed by atoms with Crippen molar-refractivity contribution in [3.63, 3.8) is 0 Å². The molecular weight excluding hydrogens is 298 g/mol. The number of carbonyl (C=O) groups is 2. The molecule has 0 bridgehead atoms. The van der Waals surface area contributed by atoms with Crippen molar-refractivity contribution < 1.29 is 24.2 Å². The van der Waals surface area contributed by atoms with E-state index in [-0.39, 0.29) is 12.5 Å². The van der Waals surface area contributed by atoms with Gasteiger partial charge in [0.25, 0.3) is 5.91 Å². The van der Waals surface area contributed by atoms with Crippen LogP contribution in [0.25, 0.3) is 0 Å². The summed E-state index contributed by atoms with van der Waals surface area (Å²) in [5.74, 6) is -0.412. The molecule has 1 aromatic carbocycles. The molecule has 0 saturated carbocycles. The molecule has 0 unspecified atom stereocenters. The molecule has 0 aliphatic heterocycles. The van der Waals surface area contributed by atoms with E-state index in [1.807, 2.05) is 6.92 Å². The smallest absolute Gasteiger partial charge is 0.323 e. The number of aliphatic carboxylic acids is 1. The number of benzene rings is 1. The molecule has 0 fully saturated rings. The van der Waals surface area contributed by atoms with Gasteiger partial charge in [0.15, 0.2) is 11.5 Å². The maximum Gasteiger partial charge on any atom is 0.323 e. The molecule has 126 valence electrons. The number of rotatable bonds is 9. The van der Waals surface area contributed by atoms with E-state index < -0.39 is 5.97 Å². The fourth-order valence-electron chi connectivity index (χ4n) is 2.34. The first kappa shape index (κ1) is 18.5. The predicted molar refractivity (Wildman–Crippen MR) is 87.3 cm³/mol. The summed E-state index contributed by atoms with van der Waals surface area (Å²) >= 11 is 0. The first-order chi connectivity index (χ1) is 11.0. The molecule has 0 spiro atoms. The first-order valence-corrected chi connectivity index (χ1v) is 7.35. The number of methoxy groups -OCH3 is 2. The number of carbonyl (C=O) groups excluding carboxylic acids is 1. The number of ether oxygens (including phenoxy) is 2. The van der Waals surface area contributed by atoms with E-state index in [4.69, 9.17) is 14.6 Å². The van der Waals surface area contributed by atoms with Crippen LogP contribution in [0.15, 0.2) is 24.8 Å². The van der Waals surface area contributed by atoms with Crippen molar-refractivity contribution in [3.05, 3.63) is 35.9 Å². The van der Waals surface area contributed by atoms with Gasteiger partial charge < -0.3 is 19.5 Å². The summed E-state index contributed by atoms with van der Waals surface area (Å²) in [7, 11) is 3.02. The van der Waals surface area contributed by atoms with Crippen LogP contribution in [0.5, 0.6) is 11.5 Å². The van der Waals surface area contributed by atoms with Gasteiger partial charge >= 0.3 is 5.97 Å². The molecule has 1 aromatic rings. The molecule has 0 radical (unpaired) electrons. The van der Waals surface area contributed by atoms with E-state index >= 15 is 0 Å². The van der Waals surface area contributed by atoms with Crippen LogP contribution in [0, 0.1) is 0 Å². The van der Waals surface area contributed by atoms with Crippen molar-refractivity contribution in [2.45, 2.75) is 19.8 Å². The Bertz CT molecular complexity index is 583. The lowest BCUT2D eigenvalue weighted by Gasteiger charge is -2.21. The fraction of sp³-hybridized carbons (Fsp3) is 0.412. The Balaban J connectivity index is 3.28. The first-order valence-electron chi connectivity index (χ1n) is 7.35. The van der Waals surface area contributed by atoms with E-state index in [2.05, 4.69) is 6.58 Å². The number of carboxylic acids is 1. The maximum absolute atomic E-state index is 12.6. The second-order valence-corrected chi connectivity index (χ2v) is 4.98. The molecule has 0 heterocycles. The van der Waals surface area contributed by atoms with Gasteiger partial charge in [-0.3, -0.25) is 9.59 Å². The highest BCUT2D eigenvalue weighted by atomic mass is 16.5. The minimum atomic E-state index is -1.04. The van der Waals surface area contributed by atoms with Crippen LogP contribution in [0.3, 0.4) is 0 Å². The van der Waals surface area contributed by atoms with Gasteiger partial charge in [-0.15, -0.1) is 6.58 Å². The number of hydrogen-bond acceptors (Lipinski definition) is 4. The SMILES string of the molecule is C=CCc1cc(C(=O)N(CCC)CC(=O)O)cc(OC)c1OC. The normalized spacial score (nSPS) is 10.0. The van der Waals surface area contributed by atoms with Crippen molar-refractivity contribution in [1.82, 2.24) is 4.90 Å². The second-order valence-electron chi connectivity index (χ2n) is 4.98. The fourth-order valence-corrected chi connectivity index (χ4v) is 2.34. The van der Waals surface area contributed by atoms with Crippen LogP contribution in [0.1, 0.15) is 29.3 Å². The number of hydrogen-bond donors (Lipinski definition) is 1. The van der Waals surface area contributed by atoms with Crippen molar-refractivity contribution in [1.29, 1.82) is 0 Å². The van der Waals surface area contributed by atoms with E-state index in [0.29, 0.717) is 36.4 Å². The lowest BCUT2D eigenvalue weighted by Crippen LogP contribution is -2.36. The monoisotopic (exact) mass is 321 g/mol. The molecule has 1 amide bonds. The Kier molecular flexibility index (Phi) is 7.12. The zero-order valence-corrected chi connectivity index (χ0v) is 13.8. The van der Waals surface area contributed by atoms with Crippen LogP contribution in [0.2, 0.25) is 0 Å². The van der Waals surface area contributed by atoms with Crippen LogP contribution in [-0.2, 0) is 11.2 Å². The molecular formula is C17H23NO5. The van der Waals surface area contributed by atoms with Crippen molar-refractivity contribution in [2.75, 3.05) is 27.3 Å². The molecule has 1 rings (SSSR count). The van der Waals surface area contributed by atoms with E-state index in [9.17, 15) is 9.59 Å². The summed E-state index contributed by atoms with van der Waals surface area (Å²) in [5, 5.41) is 8.98. The average Bonchev–Trinajstić information content (AvgIpc) is 2.52. The summed E-state index contributed by atoms with van der Waals surface area (Å²) in [4.78, 5) is 24.9. The van der Waals surface area contributed by atoms with E-state index in [1.54, 1.807) is 18.2 Å². The number of carboxylic acid groups (broad SMARTS) is 1. The largest absolute Gasteiger partial charge is 0.493 e. The molecule has 0 atom stereocenters. The lowest BCUT2D eigenvalue weighted by molar-refractivity contribution is -0.137. The van der Waals surface area contributed by atoms with Crippen molar-refractivity contribution in [3.8, 4) is 11.5 Å². The summed E-state index contributed by atoms with van der Waals surface area (Å²) in [6.07, 6.45) is 2.88. The van der Waals surface area contributed by atoms with Gasteiger partial charge in [0.05, 0.1) is 14.2 Å². The topological polar surface area (TPSA) is 76.1 Å². The number of amides is 1. The number of allylic oxidation sites excluding steroid dienone is 1. The van der Waals surface area contributed by atoms with Crippen LogP contribution in [-0.4, -0.2) is 49.2 Å². The molecule has 0 aromatic heterocycles. The molecule has 6 nitrogen and oxygen atoms in total. The Hall–Kier alpha value is -2.50. The average molecular weight is 321 g/mol. The molecule has 0 saturated heterocycles. The lowest BCUT2D eigenvalue weighted by atomic mass is 10.0. The molecule has 0 aliphatic rings.